The highest BCUT2D eigenvalue weighted by Crippen LogP contribution is 1.76. The van der Waals surface area contributed by atoms with Crippen molar-refractivity contribution in [2.24, 2.45) is 4.99 Å². The van der Waals surface area contributed by atoms with Crippen LogP contribution in [0.3, 0.4) is 0 Å². The maximum absolute atomic E-state index is 8.14. The molecule has 0 aromatic rings. The topological polar surface area (TPSA) is 44.6 Å². The van der Waals surface area contributed by atoms with Crippen LogP contribution >= 0.6 is 12.2 Å². The molecule has 0 fully saturated rings. The van der Waals surface area contributed by atoms with E-state index in [0.29, 0.717) is 10.8 Å². The second-order valence-electron chi connectivity index (χ2n) is 1.33. The highest BCUT2D eigenvalue weighted by Gasteiger charge is 1.83. The summed E-state index contributed by atoms with van der Waals surface area (Å²) in [6.07, 6.45) is 0. The zero-order valence-corrected chi connectivity index (χ0v) is 5.62. The Bertz CT molecular complexity index is 121. The third-order valence-corrected chi connectivity index (χ3v) is 0.578. The maximum atomic E-state index is 8.14. The fourth-order valence-corrected chi connectivity index (χ4v) is 0.398. The van der Waals surface area contributed by atoms with E-state index < -0.39 is 0 Å². The van der Waals surface area contributed by atoms with Gasteiger partial charge >= 0.3 is 0 Å². The summed E-state index contributed by atoms with van der Waals surface area (Å²) in [6, 6.07) is 0. The zero-order chi connectivity index (χ0) is 6.57. The average Bonchev–Trinajstić information content (AvgIpc) is 1.65. The van der Waals surface area contributed by atoms with Crippen LogP contribution in [-0.2, 0) is 0 Å². The predicted octanol–water partition coefficient (Wildman–Crippen LogP) is 0.731. The minimum absolute atomic E-state index is 0.414. The molecule has 0 aliphatic heterocycles. The van der Waals surface area contributed by atoms with Crippen molar-refractivity contribution in [2.45, 2.75) is 13.8 Å². The Morgan fingerprint density at radius 2 is 2.12 bits per heavy atom. The van der Waals surface area contributed by atoms with E-state index >= 15 is 0 Å². The van der Waals surface area contributed by atoms with E-state index in [4.69, 9.17) is 5.21 Å². The zero-order valence-electron chi connectivity index (χ0n) is 4.80. The summed E-state index contributed by atoms with van der Waals surface area (Å²) < 4.78 is 0. The number of rotatable bonds is 0. The van der Waals surface area contributed by atoms with Crippen molar-refractivity contribution in [3.63, 3.8) is 0 Å². The van der Waals surface area contributed by atoms with Crippen LogP contribution in [0.5, 0.6) is 0 Å². The van der Waals surface area contributed by atoms with E-state index in [1.807, 2.05) is 5.48 Å². The Kier molecular flexibility index (Phi) is 3.30. The van der Waals surface area contributed by atoms with Crippen LogP contribution in [0.2, 0.25) is 0 Å². The lowest BCUT2D eigenvalue weighted by atomic mass is 10.7. The first kappa shape index (κ1) is 7.52. The van der Waals surface area contributed by atoms with Crippen LogP contribution in [0.25, 0.3) is 0 Å². The lowest BCUT2D eigenvalue weighted by molar-refractivity contribution is 0.234. The summed E-state index contributed by atoms with van der Waals surface area (Å²) >= 11 is 4.60. The molecule has 0 atom stereocenters. The van der Waals surface area contributed by atoms with Gasteiger partial charge in [0.1, 0.15) is 10.8 Å². The lowest BCUT2D eigenvalue weighted by Gasteiger charge is -1.92. The Balaban J connectivity index is 3.75. The van der Waals surface area contributed by atoms with E-state index in [-0.39, 0.29) is 0 Å². The molecular formula is C4H8N2OS. The Morgan fingerprint density at radius 3 is 2.25 bits per heavy atom. The first-order chi connectivity index (χ1) is 3.66. The second-order valence-corrected chi connectivity index (χ2v) is 1.92. The van der Waals surface area contributed by atoms with Crippen LogP contribution in [0.4, 0.5) is 0 Å². The molecule has 0 rings (SSSR count). The summed E-state index contributed by atoms with van der Waals surface area (Å²) in [5.41, 5.74) is 1.86. The molecule has 8 heavy (non-hydrogen) atoms. The quantitative estimate of drug-likeness (QED) is 0.221. The lowest BCUT2D eigenvalue weighted by Crippen LogP contribution is -2.15. The van der Waals surface area contributed by atoms with Crippen LogP contribution < -0.4 is 5.48 Å². The molecule has 3 nitrogen and oxygen atoms in total. The molecule has 0 saturated heterocycles. The molecule has 0 bridgehead atoms. The van der Waals surface area contributed by atoms with Crippen molar-refractivity contribution >= 4 is 23.0 Å². The van der Waals surface area contributed by atoms with Gasteiger partial charge in [-0.05, 0) is 13.8 Å². The number of hydroxylamine groups is 1. The van der Waals surface area contributed by atoms with Gasteiger partial charge in [-0.3, -0.25) is 10.7 Å². The number of aliphatic imine (C=N–C) groups is 1. The van der Waals surface area contributed by atoms with Crippen LogP contribution in [0.15, 0.2) is 4.99 Å². The first-order valence-corrected chi connectivity index (χ1v) is 2.53. The second kappa shape index (κ2) is 3.51. The highest BCUT2D eigenvalue weighted by molar-refractivity contribution is 7.80. The van der Waals surface area contributed by atoms with Crippen molar-refractivity contribution in [1.82, 2.24) is 5.48 Å². The molecule has 46 valence electrons. The van der Waals surface area contributed by atoms with Crippen molar-refractivity contribution in [3.8, 4) is 0 Å². The average molecular weight is 132 g/mol. The van der Waals surface area contributed by atoms with Gasteiger partial charge in [0.15, 0.2) is 0 Å². The van der Waals surface area contributed by atoms with Gasteiger partial charge in [-0.2, -0.15) is 0 Å². The largest absolute Gasteiger partial charge is 0.290 e. The third-order valence-electron chi connectivity index (χ3n) is 0.487. The van der Waals surface area contributed by atoms with E-state index in [1.54, 1.807) is 13.8 Å². The monoisotopic (exact) mass is 132 g/mol. The van der Waals surface area contributed by atoms with Gasteiger partial charge in [0.2, 0.25) is 0 Å². The molecule has 4 heteroatoms. The Labute approximate surface area is 53.4 Å². The summed E-state index contributed by atoms with van der Waals surface area (Å²) in [4.78, 5) is 4.19. The van der Waals surface area contributed by atoms with Gasteiger partial charge < -0.3 is 0 Å². The van der Waals surface area contributed by atoms with Crippen LogP contribution in [0.1, 0.15) is 13.8 Å². The smallest absolute Gasteiger partial charge is 0.123 e. The van der Waals surface area contributed by atoms with Crippen molar-refractivity contribution < 1.29 is 5.21 Å². The molecule has 2 N–H and O–H groups in total. The van der Waals surface area contributed by atoms with Crippen LogP contribution in [-0.4, -0.2) is 16.0 Å². The molecule has 0 unspecified atom stereocenters. The molecule has 0 aliphatic rings. The fourth-order valence-electron chi connectivity index (χ4n) is 0.261. The predicted molar refractivity (Wildman–Crippen MR) is 36.3 cm³/mol. The normalized spacial score (nSPS) is 11.1. The SMILES string of the molecule is CC(=S)N=C(C)NO. The Morgan fingerprint density at radius 1 is 1.62 bits per heavy atom. The number of hydrogen-bond donors (Lipinski definition) is 2. The first-order valence-electron chi connectivity index (χ1n) is 2.12. The van der Waals surface area contributed by atoms with E-state index in [9.17, 15) is 0 Å². The van der Waals surface area contributed by atoms with Gasteiger partial charge in [0.05, 0.1) is 0 Å². The van der Waals surface area contributed by atoms with Gasteiger partial charge in [-0.15, -0.1) is 0 Å². The third kappa shape index (κ3) is 3.70. The van der Waals surface area contributed by atoms with Crippen LogP contribution in [0, 0.1) is 0 Å². The van der Waals surface area contributed by atoms with Gasteiger partial charge in [0.25, 0.3) is 0 Å². The Hall–Kier alpha value is -0.480. The maximum Gasteiger partial charge on any atom is 0.123 e. The summed E-state index contributed by atoms with van der Waals surface area (Å²) in [7, 11) is 0. The van der Waals surface area contributed by atoms with E-state index in [2.05, 4.69) is 17.2 Å². The standard InChI is InChI=1S/C4H8N2OS/c1-3(6-7)5-4(2)8/h7H,1-2H3,(H,5,6,8). The van der Waals surface area contributed by atoms with Crippen molar-refractivity contribution in [1.29, 1.82) is 0 Å². The van der Waals surface area contributed by atoms with Gasteiger partial charge in [-0.1, -0.05) is 12.2 Å². The molecule has 0 radical (unpaired) electrons. The number of amidine groups is 1. The van der Waals surface area contributed by atoms with Gasteiger partial charge in [0, 0.05) is 0 Å². The molecule has 0 aromatic carbocycles. The molecule has 0 amide bonds. The number of thiocarbonyl (C=S) groups is 1. The van der Waals surface area contributed by atoms with Crippen molar-refractivity contribution in [2.75, 3.05) is 0 Å². The number of nitrogens with one attached hydrogen (secondary N) is 1. The number of nitrogens with zero attached hydrogens (tertiary/aromatic N) is 1. The fraction of sp³-hybridized carbons (Fsp3) is 0.500. The molecule has 0 saturated carbocycles. The van der Waals surface area contributed by atoms with Crippen molar-refractivity contribution in [3.05, 3.63) is 0 Å². The summed E-state index contributed by atoms with van der Waals surface area (Å²) in [6.45, 7) is 3.30. The van der Waals surface area contributed by atoms with E-state index in [0.717, 1.165) is 0 Å². The van der Waals surface area contributed by atoms with E-state index in [1.165, 1.54) is 0 Å². The molecule has 0 spiro atoms. The summed E-state index contributed by atoms with van der Waals surface area (Å²) in [5.74, 6) is 0.414. The summed E-state index contributed by atoms with van der Waals surface area (Å²) in [5, 5.41) is 8.14. The molecule has 0 aliphatic carbocycles. The molecular weight excluding hydrogens is 124 g/mol. The minimum atomic E-state index is 0.414. The molecule has 0 aromatic heterocycles. The van der Waals surface area contributed by atoms with Gasteiger partial charge in [-0.25, -0.2) is 4.99 Å². The highest BCUT2D eigenvalue weighted by atomic mass is 32.1. The molecule has 0 heterocycles. The number of hydrogen-bond acceptors (Lipinski definition) is 2. The minimum Gasteiger partial charge on any atom is -0.290 e.